The van der Waals surface area contributed by atoms with Crippen molar-refractivity contribution in [2.75, 3.05) is 0 Å². The molecule has 0 spiro atoms. The average molecular weight is 627 g/mol. The molecular formula is C44H26N4O. The van der Waals surface area contributed by atoms with Gasteiger partial charge >= 0.3 is 0 Å². The maximum absolute atomic E-state index is 6.27. The van der Waals surface area contributed by atoms with Gasteiger partial charge in [0.05, 0.1) is 5.52 Å². The number of benzene rings is 7. The lowest BCUT2D eigenvalue weighted by Gasteiger charge is -2.12. The molecule has 0 aliphatic carbocycles. The number of nitrogens with zero attached hydrogens (tertiary/aromatic N) is 4. The summed E-state index contributed by atoms with van der Waals surface area (Å²) in [6.45, 7) is 0. The molecule has 7 aromatic carbocycles. The van der Waals surface area contributed by atoms with Gasteiger partial charge < -0.3 is 4.42 Å². The van der Waals surface area contributed by atoms with Gasteiger partial charge in [-0.25, -0.2) is 19.9 Å². The van der Waals surface area contributed by atoms with Gasteiger partial charge in [0.25, 0.3) is 0 Å². The fourth-order valence-electron chi connectivity index (χ4n) is 6.91. The van der Waals surface area contributed by atoms with Crippen LogP contribution in [0.15, 0.2) is 162 Å². The van der Waals surface area contributed by atoms with Crippen LogP contribution in [0.1, 0.15) is 0 Å². The first-order valence-electron chi connectivity index (χ1n) is 16.3. The van der Waals surface area contributed by atoms with Crippen LogP contribution in [0.3, 0.4) is 0 Å². The molecule has 3 heterocycles. The molecule has 0 saturated carbocycles. The highest BCUT2D eigenvalue weighted by atomic mass is 16.3. The van der Waals surface area contributed by atoms with E-state index in [4.69, 9.17) is 24.4 Å². The van der Waals surface area contributed by atoms with Crippen molar-refractivity contribution in [3.63, 3.8) is 0 Å². The van der Waals surface area contributed by atoms with Gasteiger partial charge in [0, 0.05) is 32.8 Å². The second kappa shape index (κ2) is 10.9. The number of fused-ring (bicyclic) bond motifs is 6. The Morgan fingerprint density at radius 2 is 1.04 bits per heavy atom. The summed E-state index contributed by atoms with van der Waals surface area (Å²) < 4.78 is 6.27. The Bertz CT molecular complexity index is 2890. The second-order valence-corrected chi connectivity index (χ2v) is 12.3. The van der Waals surface area contributed by atoms with Crippen LogP contribution in [0.25, 0.3) is 99.8 Å². The molecule has 10 rings (SSSR count). The monoisotopic (exact) mass is 626 g/mol. The predicted molar refractivity (Wildman–Crippen MR) is 199 cm³/mol. The molecule has 0 aliphatic rings. The summed E-state index contributed by atoms with van der Waals surface area (Å²) in [6.07, 6.45) is 0. The van der Waals surface area contributed by atoms with Crippen molar-refractivity contribution in [1.82, 2.24) is 19.9 Å². The summed E-state index contributed by atoms with van der Waals surface area (Å²) in [5.74, 6) is 1.92. The van der Waals surface area contributed by atoms with Crippen LogP contribution in [0.2, 0.25) is 0 Å². The van der Waals surface area contributed by atoms with E-state index in [1.54, 1.807) is 0 Å². The third-order valence-corrected chi connectivity index (χ3v) is 9.30. The van der Waals surface area contributed by atoms with Crippen LogP contribution in [-0.4, -0.2) is 19.9 Å². The van der Waals surface area contributed by atoms with Gasteiger partial charge in [0.15, 0.2) is 17.5 Å². The van der Waals surface area contributed by atoms with Crippen LogP contribution < -0.4 is 0 Å². The summed E-state index contributed by atoms with van der Waals surface area (Å²) in [6, 6.07) is 54.3. The van der Waals surface area contributed by atoms with Crippen molar-refractivity contribution in [2.24, 2.45) is 0 Å². The number of hydrogen-bond donors (Lipinski definition) is 0. The number of rotatable bonds is 4. The first-order chi connectivity index (χ1) is 24.2. The van der Waals surface area contributed by atoms with Crippen LogP contribution in [0.4, 0.5) is 0 Å². The van der Waals surface area contributed by atoms with Crippen molar-refractivity contribution in [3.05, 3.63) is 158 Å². The molecule has 3 aromatic heterocycles. The first kappa shape index (κ1) is 27.4. The molecule has 0 bridgehead atoms. The zero-order valence-corrected chi connectivity index (χ0v) is 26.2. The molecule has 49 heavy (non-hydrogen) atoms. The zero-order valence-electron chi connectivity index (χ0n) is 26.2. The van der Waals surface area contributed by atoms with Gasteiger partial charge in [-0.3, -0.25) is 0 Å². The Morgan fingerprint density at radius 1 is 0.367 bits per heavy atom. The van der Waals surface area contributed by atoms with Crippen LogP contribution in [0, 0.1) is 0 Å². The van der Waals surface area contributed by atoms with Crippen LogP contribution >= 0.6 is 0 Å². The molecule has 5 nitrogen and oxygen atoms in total. The molecule has 0 unspecified atom stereocenters. The molecule has 0 amide bonds. The van der Waals surface area contributed by atoms with Gasteiger partial charge in [-0.2, -0.15) is 0 Å². The van der Waals surface area contributed by atoms with E-state index in [1.165, 1.54) is 5.39 Å². The number of hydrogen-bond acceptors (Lipinski definition) is 5. The molecular weight excluding hydrogens is 601 g/mol. The summed E-state index contributed by atoms with van der Waals surface area (Å²) in [4.78, 5) is 19.9. The number of para-hydroxylation sites is 1. The molecule has 10 aromatic rings. The van der Waals surface area contributed by atoms with Crippen LogP contribution in [-0.2, 0) is 0 Å². The highest BCUT2D eigenvalue weighted by molar-refractivity contribution is 6.14. The number of pyridine rings is 1. The highest BCUT2D eigenvalue weighted by Gasteiger charge is 2.17. The summed E-state index contributed by atoms with van der Waals surface area (Å²) >= 11 is 0. The standard InChI is InChI=1S/C44H26N4O/c1-2-11-28(12-3-1)41-46-42(33-21-20-27-10-4-5-13-29(27)24-33)48-43(47-41)36-17-8-15-30-25-31(22-23-34(30)36)35-16-9-19-39-40(35)37-26-32-14-6-7-18-38(32)45-44(37)49-39/h1-26H. The topological polar surface area (TPSA) is 64.7 Å². The van der Waals surface area contributed by atoms with Gasteiger partial charge in [0.1, 0.15) is 5.58 Å². The quantitative estimate of drug-likeness (QED) is 0.194. The van der Waals surface area contributed by atoms with Gasteiger partial charge in [-0.05, 0) is 63.0 Å². The normalized spacial score (nSPS) is 11.7. The smallest absolute Gasteiger partial charge is 0.227 e. The Hall–Kier alpha value is -6.72. The van der Waals surface area contributed by atoms with Gasteiger partial charge in [0.2, 0.25) is 5.71 Å². The molecule has 0 fully saturated rings. The summed E-state index contributed by atoms with van der Waals surface area (Å²) in [5, 5.41) is 7.65. The van der Waals surface area contributed by atoms with Crippen molar-refractivity contribution in [1.29, 1.82) is 0 Å². The average Bonchev–Trinajstić information content (AvgIpc) is 3.54. The lowest BCUT2D eigenvalue weighted by molar-refractivity contribution is 0.656. The SMILES string of the molecule is c1ccc(-c2nc(-c3ccc4ccccc4c3)nc(-c3cccc4cc(-c5cccc6oc7nc8ccccc8cc7c56)ccc34)n2)cc1. The van der Waals surface area contributed by atoms with Gasteiger partial charge in [-0.1, -0.05) is 127 Å². The fraction of sp³-hybridized carbons (Fsp3) is 0. The predicted octanol–water partition coefficient (Wildman–Crippen LogP) is 11.3. The van der Waals surface area contributed by atoms with E-state index >= 15 is 0 Å². The van der Waals surface area contributed by atoms with Crippen molar-refractivity contribution in [2.45, 2.75) is 0 Å². The third kappa shape index (κ3) is 4.63. The lowest BCUT2D eigenvalue weighted by atomic mass is 9.95. The Kier molecular flexibility index (Phi) is 6.11. The highest BCUT2D eigenvalue weighted by Crippen LogP contribution is 2.39. The third-order valence-electron chi connectivity index (χ3n) is 9.30. The molecule has 0 N–H and O–H groups in total. The Morgan fingerprint density at radius 3 is 1.94 bits per heavy atom. The number of furan rings is 1. The second-order valence-electron chi connectivity index (χ2n) is 12.3. The van der Waals surface area contributed by atoms with E-state index in [9.17, 15) is 0 Å². The summed E-state index contributed by atoms with van der Waals surface area (Å²) in [5.41, 5.74) is 7.44. The minimum absolute atomic E-state index is 0.635. The molecule has 0 saturated heterocycles. The zero-order chi connectivity index (χ0) is 32.3. The summed E-state index contributed by atoms with van der Waals surface area (Å²) in [7, 11) is 0. The maximum Gasteiger partial charge on any atom is 0.227 e. The Labute approximate surface area is 281 Å². The van der Waals surface area contributed by atoms with Crippen molar-refractivity contribution in [3.8, 4) is 45.3 Å². The lowest BCUT2D eigenvalue weighted by Crippen LogP contribution is -2.00. The minimum atomic E-state index is 0.635. The van der Waals surface area contributed by atoms with E-state index in [-0.39, 0.29) is 0 Å². The minimum Gasteiger partial charge on any atom is -0.438 e. The van der Waals surface area contributed by atoms with E-state index in [0.29, 0.717) is 23.2 Å². The molecule has 5 heteroatoms. The largest absolute Gasteiger partial charge is 0.438 e. The van der Waals surface area contributed by atoms with E-state index in [1.807, 2.05) is 60.7 Å². The fourth-order valence-corrected chi connectivity index (χ4v) is 6.91. The Balaban J connectivity index is 1.14. The van der Waals surface area contributed by atoms with E-state index in [2.05, 4.69) is 97.1 Å². The first-order valence-corrected chi connectivity index (χ1v) is 16.3. The molecule has 0 aliphatic heterocycles. The molecule has 0 radical (unpaired) electrons. The van der Waals surface area contributed by atoms with E-state index < -0.39 is 0 Å². The van der Waals surface area contributed by atoms with Crippen molar-refractivity contribution >= 4 is 54.5 Å². The molecule has 0 atom stereocenters. The van der Waals surface area contributed by atoms with Gasteiger partial charge in [-0.15, -0.1) is 0 Å². The maximum atomic E-state index is 6.27. The van der Waals surface area contributed by atoms with Crippen molar-refractivity contribution < 1.29 is 4.42 Å². The van der Waals surface area contributed by atoms with Crippen LogP contribution in [0.5, 0.6) is 0 Å². The number of aromatic nitrogens is 4. The molecule has 228 valence electrons. The van der Waals surface area contributed by atoms with E-state index in [0.717, 1.165) is 71.2 Å².